The Kier molecular flexibility index (Phi) is 4.55. The summed E-state index contributed by atoms with van der Waals surface area (Å²) in [5.74, 6) is -0.855. The van der Waals surface area contributed by atoms with Crippen LogP contribution in [0.15, 0.2) is 36.4 Å². The number of nitrogens with one attached hydrogen (secondary N) is 1. The molecule has 6 heteroatoms. The van der Waals surface area contributed by atoms with Crippen LogP contribution in [0.5, 0.6) is 0 Å². The first-order valence-electron chi connectivity index (χ1n) is 6.14. The van der Waals surface area contributed by atoms with E-state index in [1.165, 1.54) is 7.11 Å². The Bertz CT molecular complexity index is 701. The van der Waals surface area contributed by atoms with Crippen molar-refractivity contribution in [2.24, 2.45) is 0 Å². The lowest BCUT2D eigenvalue weighted by Crippen LogP contribution is -2.15. The van der Waals surface area contributed by atoms with Gasteiger partial charge in [-0.3, -0.25) is 4.79 Å². The number of esters is 1. The van der Waals surface area contributed by atoms with Gasteiger partial charge < -0.3 is 10.1 Å². The highest BCUT2D eigenvalue weighted by Crippen LogP contribution is 2.20. The van der Waals surface area contributed by atoms with E-state index < -0.39 is 11.9 Å². The number of halogens is 1. The molecule has 1 aromatic carbocycles. The number of ether oxygens (including phenoxy) is 1. The number of nitrogens with zero attached hydrogens (tertiary/aromatic N) is 1. The van der Waals surface area contributed by atoms with Gasteiger partial charge in [0, 0.05) is 5.69 Å². The van der Waals surface area contributed by atoms with Gasteiger partial charge in [0.15, 0.2) is 0 Å². The summed E-state index contributed by atoms with van der Waals surface area (Å²) in [7, 11) is 1.31. The summed E-state index contributed by atoms with van der Waals surface area (Å²) in [6.07, 6.45) is 0. The monoisotopic (exact) mass is 304 g/mol. The van der Waals surface area contributed by atoms with Crippen LogP contribution in [-0.2, 0) is 4.74 Å². The number of carbonyl (C=O) groups is 2. The number of anilines is 1. The SMILES string of the molecule is COC(=O)c1cccc(NC(=O)c2cccc(Cl)n2)c1C. The van der Waals surface area contributed by atoms with Crippen LogP contribution in [0.3, 0.4) is 0 Å². The fraction of sp³-hybridized carbons (Fsp3) is 0.133. The quantitative estimate of drug-likeness (QED) is 0.699. The Hall–Kier alpha value is -2.40. The summed E-state index contributed by atoms with van der Waals surface area (Å²) in [6, 6.07) is 9.78. The van der Waals surface area contributed by atoms with Gasteiger partial charge in [-0.25, -0.2) is 9.78 Å². The molecule has 0 atom stereocenters. The Morgan fingerprint density at radius 2 is 1.90 bits per heavy atom. The smallest absolute Gasteiger partial charge is 0.338 e. The Morgan fingerprint density at radius 3 is 2.57 bits per heavy atom. The first kappa shape index (κ1) is 15.0. The molecule has 0 aliphatic heterocycles. The van der Waals surface area contributed by atoms with Crippen molar-refractivity contribution in [3.8, 4) is 0 Å². The first-order valence-corrected chi connectivity index (χ1v) is 6.52. The van der Waals surface area contributed by atoms with E-state index >= 15 is 0 Å². The molecule has 1 amide bonds. The number of aromatic nitrogens is 1. The number of rotatable bonds is 3. The molecule has 0 spiro atoms. The maximum atomic E-state index is 12.1. The summed E-state index contributed by atoms with van der Waals surface area (Å²) < 4.78 is 4.70. The fourth-order valence-electron chi connectivity index (χ4n) is 1.82. The van der Waals surface area contributed by atoms with Gasteiger partial charge >= 0.3 is 5.97 Å². The van der Waals surface area contributed by atoms with Crippen molar-refractivity contribution in [1.82, 2.24) is 4.98 Å². The standard InChI is InChI=1S/C15H13ClN2O3/c1-9-10(15(20)21-2)5-3-6-11(9)18-14(19)12-7-4-8-13(16)17-12/h3-8H,1-2H3,(H,18,19). The number of pyridine rings is 1. The predicted molar refractivity (Wildman–Crippen MR) is 79.7 cm³/mol. The van der Waals surface area contributed by atoms with Gasteiger partial charge in [-0.2, -0.15) is 0 Å². The molecule has 0 radical (unpaired) electrons. The van der Waals surface area contributed by atoms with Gasteiger partial charge in [-0.1, -0.05) is 23.7 Å². The maximum Gasteiger partial charge on any atom is 0.338 e. The second-order valence-corrected chi connectivity index (χ2v) is 4.66. The first-order chi connectivity index (χ1) is 10.0. The normalized spacial score (nSPS) is 10.0. The van der Waals surface area contributed by atoms with Gasteiger partial charge in [-0.15, -0.1) is 0 Å². The molecule has 1 heterocycles. The minimum atomic E-state index is -0.454. The fourth-order valence-corrected chi connectivity index (χ4v) is 1.99. The van der Waals surface area contributed by atoms with E-state index in [-0.39, 0.29) is 10.8 Å². The minimum Gasteiger partial charge on any atom is -0.465 e. The number of methoxy groups -OCH3 is 1. The molecule has 5 nitrogen and oxygen atoms in total. The molecule has 21 heavy (non-hydrogen) atoms. The molecule has 0 aliphatic carbocycles. The molecular weight excluding hydrogens is 292 g/mol. The van der Waals surface area contributed by atoms with Gasteiger partial charge in [0.25, 0.3) is 5.91 Å². The zero-order valence-corrected chi connectivity index (χ0v) is 12.3. The lowest BCUT2D eigenvalue weighted by atomic mass is 10.1. The number of hydrogen-bond acceptors (Lipinski definition) is 4. The van der Waals surface area contributed by atoms with Crippen molar-refractivity contribution in [1.29, 1.82) is 0 Å². The summed E-state index contributed by atoms with van der Waals surface area (Å²) in [4.78, 5) is 27.7. The highest BCUT2D eigenvalue weighted by Gasteiger charge is 2.14. The van der Waals surface area contributed by atoms with Crippen molar-refractivity contribution in [3.63, 3.8) is 0 Å². The molecule has 108 valence electrons. The van der Waals surface area contributed by atoms with Crippen LogP contribution in [0, 0.1) is 6.92 Å². The van der Waals surface area contributed by atoms with Gasteiger partial charge in [0.2, 0.25) is 0 Å². The highest BCUT2D eigenvalue weighted by atomic mass is 35.5. The van der Waals surface area contributed by atoms with Crippen molar-refractivity contribution in [2.45, 2.75) is 6.92 Å². The average molecular weight is 305 g/mol. The van der Waals surface area contributed by atoms with Crippen molar-refractivity contribution < 1.29 is 14.3 Å². The van der Waals surface area contributed by atoms with Crippen LogP contribution in [0.2, 0.25) is 5.15 Å². The van der Waals surface area contributed by atoms with E-state index in [0.717, 1.165) is 0 Å². The zero-order valence-electron chi connectivity index (χ0n) is 11.5. The van der Waals surface area contributed by atoms with E-state index in [1.807, 2.05) is 0 Å². The molecule has 2 rings (SSSR count). The Morgan fingerprint density at radius 1 is 1.19 bits per heavy atom. The van der Waals surface area contributed by atoms with E-state index in [1.54, 1.807) is 43.3 Å². The molecule has 0 aliphatic rings. The van der Waals surface area contributed by atoms with Gasteiger partial charge in [0.1, 0.15) is 10.8 Å². The maximum absolute atomic E-state index is 12.1. The topological polar surface area (TPSA) is 68.3 Å². The van der Waals surface area contributed by atoms with Crippen molar-refractivity contribution >= 4 is 29.2 Å². The molecule has 1 aromatic heterocycles. The van der Waals surface area contributed by atoms with Crippen LogP contribution < -0.4 is 5.32 Å². The van der Waals surface area contributed by atoms with Crippen LogP contribution in [0.25, 0.3) is 0 Å². The van der Waals surface area contributed by atoms with Gasteiger partial charge in [-0.05, 0) is 36.8 Å². The van der Waals surface area contributed by atoms with E-state index in [2.05, 4.69) is 10.3 Å². The van der Waals surface area contributed by atoms with Crippen LogP contribution >= 0.6 is 11.6 Å². The lowest BCUT2D eigenvalue weighted by molar-refractivity contribution is 0.0599. The summed E-state index contributed by atoms with van der Waals surface area (Å²) in [6.45, 7) is 1.73. The van der Waals surface area contributed by atoms with Crippen molar-refractivity contribution in [2.75, 3.05) is 12.4 Å². The van der Waals surface area contributed by atoms with E-state index in [9.17, 15) is 9.59 Å². The number of hydrogen-bond donors (Lipinski definition) is 1. The third-order valence-corrected chi connectivity index (χ3v) is 3.15. The molecule has 0 saturated heterocycles. The molecule has 0 fully saturated rings. The van der Waals surface area contributed by atoms with E-state index in [0.29, 0.717) is 16.8 Å². The third-order valence-electron chi connectivity index (χ3n) is 2.94. The lowest BCUT2D eigenvalue weighted by Gasteiger charge is -2.11. The molecule has 0 bridgehead atoms. The summed E-state index contributed by atoms with van der Waals surface area (Å²) in [5, 5.41) is 2.94. The minimum absolute atomic E-state index is 0.199. The second-order valence-electron chi connectivity index (χ2n) is 4.27. The zero-order chi connectivity index (χ0) is 15.4. The largest absolute Gasteiger partial charge is 0.465 e. The molecule has 0 unspecified atom stereocenters. The summed E-state index contributed by atoms with van der Waals surface area (Å²) >= 11 is 5.76. The van der Waals surface area contributed by atoms with Crippen LogP contribution in [-0.4, -0.2) is 24.0 Å². The van der Waals surface area contributed by atoms with E-state index in [4.69, 9.17) is 16.3 Å². The molecular formula is C15H13ClN2O3. The molecule has 1 N–H and O–H groups in total. The molecule has 0 saturated carbocycles. The third kappa shape index (κ3) is 3.38. The number of benzene rings is 1. The highest BCUT2D eigenvalue weighted by molar-refractivity contribution is 6.29. The number of amides is 1. The second kappa shape index (κ2) is 6.37. The van der Waals surface area contributed by atoms with Crippen LogP contribution in [0.1, 0.15) is 26.4 Å². The molecule has 2 aromatic rings. The average Bonchev–Trinajstić information content (AvgIpc) is 2.48. The van der Waals surface area contributed by atoms with Gasteiger partial charge in [0.05, 0.1) is 12.7 Å². The Labute approximate surface area is 126 Å². The predicted octanol–water partition coefficient (Wildman–Crippen LogP) is 3.08. The Balaban J connectivity index is 2.28. The van der Waals surface area contributed by atoms with Crippen LogP contribution in [0.4, 0.5) is 5.69 Å². The number of carbonyl (C=O) groups excluding carboxylic acids is 2. The summed E-state index contributed by atoms with van der Waals surface area (Å²) in [5.41, 5.74) is 1.74. The van der Waals surface area contributed by atoms with Crippen molar-refractivity contribution in [3.05, 3.63) is 58.4 Å².